The standard InChI is InChI=1S/C17H15N3O2/c1-11-14(9-6-10-18-11)17(21)19-15-12(2)20-22-16(15)13-7-4-3-5-8-13/h3-10H,1-2H3,(H,19,21). The van der Waals surface area contributed by atoms with Crippen LogP contribution in [0.5, 0.6) is 0 Å². The lowest BCUT2D eigenvalue weighted by atomic mass is 10.1. The average molecular weight is 293 g/mol. The molecule has 0 aliphatic carbocycles. The molecule has 5 heteroatoms. The summed E-state index contributed by atoms with van der Waals surface area (Å²) >= 11 is 0. The van der Waals surface area contributed by atoms with Gasteiger partial charge in [-0.1, -0.05) is 35.5 Å². The van der Waals surface area contributed by atoms with Crippen molar-refractivity contribution in [1.82, 2.24) is 10.1 Å². The minimum absolute atomic E-state index is 0.228. The van der Waals surface area contributed by atoms with Crippen molar-refractivity contribution in [3.8, 4) is 11.3 Å². The number of carbonyl (C=O) groups excluding carboxylic acids is 1. The number of benzene rings is 1. The van der Waals surface area contributed by atoms with Crippen molar-refractivity contribution in [3.05, 3.63) is 65.6 Å². The SMILES string of the molecule is Cc1ncccc1C(=O)Nc1c(C)noc1-c1ccccc1. The van der Waals surface area contributed by atoms with Crippen molar-refractivity contribution in [3.63, 3.8) is 0 Å². The summed E-state index contributed by atoms with van der Waals surface area (Å²) < 4.78 is 5.37. The fourth-order valence-electron chi connectivity index (χ4n) is 2.21. The predicted molar refractivity (Wildman–Crippen MR) is 83.6 cm³/mol. The molecule has 2 heterocycles. The third kappa shape index (κ3) is 2.61. The second-order valence-corrected chi connectivity index (χ2v) is 4.93. The molecule has 0 atom stereocenters. The van der Waals surface area contributed by atoms with Crippen LogP contribution in [0, 0.1) is 13.8 Å². The van der Waals surface area contributed by atoms with Crippen LogP contribution in [0.4, 0.5) is 5.69 Å². The van der Waals surface area contributed by atoms with E-state index in [0.717, 1.165) is 5.56 Å². The van der Waals surface area contributed by atoms with Crippen LogP contribution in [0.1, 0.15) is 21.7 Å². The Morgan fingerprint density at radius 2 is 1.82 bits per heavy atom. The van der Waals surface area contributed by atoms with Crippen LogP contribution < -0.4 is 5.32 Å². The molecule has 5 nitrogen and oxygen atoms in total. The van der Waals surface area contributed by atoms with Gasteiger partial charge in [-0.05, 0) is 26.0 Å². The molecule has 110 valence electrons. The highest BCUT2D eigenvalue weighted by Gasteiger charge is 2.18. The molecule has 0 fully saturated rings. The van der Waals surface area contributed by atoms with Crippen molar-refractivity contribution in [2.45, 2.75) is 13.8 Å². The summed E-state index contributed by atoms with van der Waals surface area (Å²) in [6.45, 7) is 3.59. The van der Waals surface area contributed by atoms with Crippen LogP contribution >= 0.6 is 0 Å². The number of aromatic nitrogens is 2. The maximum atomic E-state index is 12.4. The summed E-state index contributed by atoms with van der Waals surface area (Å²) in [6.07, 6.45) is 1.66. The van der Waals surface area contributed by atoms with E-state index in [4.69, 9.17) is 4.52 Å². The molecule has 1 N–H and O–H groups in total. The molecule has 22 heavy (non-hydrogen) atoms. The van der Waals surface area contributed by atoms with Gasteiger partial charge in [0.1, 0.15) is 11.4 Å². The number of carbonyl (C=O) groups is 1. The maximum Gasteiger partial charge on any atom is 0.257 e. The maximum absolute atomic E-state index is 12.4. The number of nitrogens with one attached hydrogen (secondary N) is 1. The monoisotopic (exact) mass is 293 g/mol. The van der Waals surface area contributed by atoms with Crippen LogP contribution in [0.25, 0.3) is 11.3 Å². The lowest BCUT2D eigenvalue weighted by Crippen LogP contribution is -2.14. The van der Waals surface area contributed by atoms with E-state index in [1.165, 1.54) is 0 Å². The molecule has 1 aromatic carbocycles. The number of pyridine rings is 1. The Morgan fingerprint density at radius 1 is 1.05 bits per heavy atom. The summed E-state index contributed by atoms with van der Waals surface area (Å²) in [6, 6.07) is 13.0. The summed E-state index contributed by atoms with van der Waals surface area (Å²) in [5.74, 6) is 0.321. The number of amides is 1. The molecule has 3 aromatic rings. The van der Waals surface area contributed by atoms with E-state index < -0.39 is 0 Å². The fourth-order valence-corrected chi connectivity index (χ4v) is 2.21. The molecule has 2 aromatic heterocycles. The highest BCUT2D eigenvalue weighted by Crippen LogP contribution is 2.31. The summed E-state index contributed by atoms with van der Waals surface area (Å²) in [7, 11) is 0. The normalized spacial score (nSPS) is 10.5. The van der Waals surface area contributed by atoms with Crippen LogP contribution in [0.2, 0.25) is 0 Å². The van der Waals surface area contributed by atoms with Crippen molar-refractivity contribution >= 4 is 11.6 Å². The van der Waals surface area contributed by atoms with Crippen LogP contribution in [0.15, 0.2) is 53.2 Å². The lowest BCUT2D eigenvalue weighted by Gasteiger charge is -2.07. The van der Waals surface area contributed by atoms with E-state index in [0.29, 0.717) is 28.4 Å². The zero-order chi connectivity index (χ0) is 15.5. The number of anilines is 1. The highest BCUT2D eigenvalue weighted by atomic mass is 16.5. The van der Waals surface area contributed by atoms with Gasteiger partial charge < -0.3 is 9.84 Å². The first-order valence-electron chi connectivity index (χ1n) is 6.91. The predicted octanol–water partition coefficient (Wildman–Crippen LogP) is 3.61. The third-order valence-electron chi connectivity index (χ3n) is 3.39. The number of rotatable bonds is 3. The summed E-state index contributed by atoms with van der Waals surface area (Å²) in [4.78, 5) is 16.6. The quantitative estimate of drug-likeness (QED) is 0.801. The Hall–Kier alpha value is -2.95. The summed E-state index contributed by atoms with van der Waals surface area (Å²) in [5, 5.41) is 6.84. The number of hydrogen-bond donors (Lipinski definition) is 1. The van der Waals surface area contributed by atoms with Crippen molar-refractivity contribution in [2.75, 3.05) is 5.32 Å². The largest absolute Gasteiger partial charge is 0.354 e. The number of nitrogens with zero attached hydrogens (tertiary/aromatic N) is 2. The Labute approximate surface area is 128 Å². The van der Waals surface area contributed by atoms with Crippen molar-refractivity contribution in [1.29, 1.82) is 0 Å². The number of hydrogen-bond acceptors (Lipinski definition) is 4. The van der Waals surface area contributed by atoms with Gasteiger partial charge >= 0.3 is 0 Å². The van der Waals surface area contributed by atoms with Gasteiger partial charge in [0.2, 0.25) is 0 Å². The lowest BCUT2D eigenvalue weighted by molar-refractivity contribution is 0.102. The van der Waals surface area contributed by atoms with Crippen molar-refractivity contribution in [2.24, 2.45) is 0 Å². The van der Waals surface area contributed by atoms with E-state index in [1.54, 1.807) is 32.2 Å². The Bertz CT molecular complexity index is 810. The zero-order valence-electron chi connectivity index (χ0n) is 12.3. The first-order chi connectivity index (χ1) is 10.7. The second kappa shape index (κ2) is 5.81. The molecule has 0 spiro atoms. The van der Waals surface area contributed by atoms with E-state index in [1.807, 2.05) is 30.3 Å². The second-order valence-electron chi connectivity index (χ2n) is 4.93. The topological polar surface area (TPSA) is 68.0 Å². The average Bonchev–Trinajstić information content (AvgIpc) is 2.89. The van der Waals surface area contributed by atoms with Gasteiger partial charge in [0, 0.05) is 17.5 Å². The van der Waals surface area contributed by atoms with Crippen molar-refractivity contribution < 1.29 is 9.32 Å². The smallest absolute Gasteiger partial charge is 0.257 e. The molecule has 0 unspecified atom stereocenters. The van der Waals surface area contributed by atoms with Gasteiger partial charge in [-0.25, -0.2) is 0 Å². The van der Waals surface area contributed by atoms with Gasteiger partial charge in [0.15, 0.2) is 5.76 Å². The first-order valence-corrected chi connectivity index (χ1v) is 6.91. The van der Waals surface area contributed by atoms with E-state index >= 15 is 0 Å². The Morgan fingerprint density at radius 3 is 2.55 bits per heavy atom. The molecule has 0 aliphatic rings. The summed E-state index contributed by atoms with van der Waals surface area (Å²) in [5.41, 5.74) is 3.28. The van der Waals surface area contributed by atoms with E-state index in [9.17, 15) is 4.79 Å². The van der Waals surface area contributed by atoms with Crippen LogP contribution in [-0.2, 0) is 0 Å². The molecular formula is C17H15N3O2. The Balaban J connectivity index is 1.95. The van der Waals surface area contributed by atoms with E-state index in [2.05, 4.69) is 15.5 Å². The van der Waals surface area contributed by atoms with Gasteiger partial charge in [0.25, 0.3) is 5.91 Å². The van der Waals surface area contributed by atoms with Gasteiger partial charge in [-0.2, -0.15) is 0 Å². The van der Waals surface area contributed by atoms with E-state index in [-0.39, 0.29) is 5.91 Å². The molecular weight excluding hydrogens is 278 g/mol. The fraction of sp³-hybridized carbons (Fsp3) is 0.118. The molecule has 0 saturated heterocycles. The first kappa shape index (κ1) is 14.0. The Kier molecular flexibility index (Phi) is 3.70. The van der Waals surface area contributed by atoms with Gasteiger partial charge in [-0.15, -0.1) is 0 Å². The molecule has 3 rings (SSSR count). The minimum Gasteiger partial charge on any atom is -0.354 e. The molecule has 0 aliphatic heterocycles. The minimum atomic E-state index is -0.228. The van der Waals surface area contributed by atoms with Gasteiger partial charge in [0.05, 0.1) is 5.56 Å². The van der Waals surface area contributed by atoms with Crippen LogP contribution in [0.3, 0.4) is 0 Å². The molecule has 0 saturated carbocycles. The van der Waals surface area contributed by atoms with Gasteiger partial charge in [-0.3, -0.25) is 9.78 Å². The molecule has 1 amide bonds. The zero-order valence-corrected chi connectivity index (χ0v) is 12.3. The third-order valence-corrected chi connectivity index (χ3v) is 3.39. The highest BCUT2D eigenvalue weighted by molar-refractivity contribution is 6.06. The number of aryl methyl sites for hydroxylation is 2. The van der Waals surface area contributed by atoms with Crippen LogP contribution in [-0.4, -0.2) is 16.0 Å². The molecule has 0 bridgehead atoms. The molecule has 0 radical (unpaired) electrons.